The van der Waals surface area contributed by atoms with Gasteiger partial charge in [-0.2, -0.15) is 0 Å². The van der Waals surface area contributed by atoms with E-state index in [1.165, 1.54) is 38.3 Å². The molecule has 0 aliphatic heterocycles. The van der Waals surface area contributed by atoms with Gasteiger partial charge < -0.3 is 18.8 Å². The molecule has 0 saturated heterocycles. The summed E-state index contributed by atoms with van der Waals surface area (Å²) in [7, 11) is -4.03. The minimum Gasteiger partial charge on any atom is -0.438 e. The van der Waals surface area contributed by atoms with Gasteiger partial charge >= 0.3 is 19.5 Å². The maximum atomic E-state index is 13.3. The highest BCUT2D eigenvalue weighted by Gasteiger charge is 2.30. The number of aromatic nitrogens is 4. The summed E-state index contributed by atoms with van der Waals surface area (Å²) in [5.41, 5.74) is 1.54. The van der Waals surface area contributed by atoms with E-state index in [1.54, 1.807) is 46.1 Å². The first-order valence-electron chi connectivity index (χ1n) is 15.6. The van der Waals surface area contributed by atoms with E-state index in [9.17, 15) is 18.9 Å². The number of imidazole rings is 1. The van der Waals surface area contributed by atoms with Crippen LogP contribution in [0.25, 0.3) is 11.2 Å². The normalized spacial score (nSPS) is 12.3. The molecule has 2 heterocycles. The van der Waals surface area contributed by atoms with E-state index in [2.05, 4.69) is 27.4 Å². The quantitative estimate of drug-likeness (QED) is 0.0576. The van der Waals surface area contributed by atoms with Crippen LogP contribution in [0.3, 0.4) is 0 Å². The molecule has 260 valence electrons. The lowest BCUT2D eigenvalue weighted by Gasteiger charge is -2.22. The lowest BCUT2D eigenvalue weighted by atomic mass is 9.98. The maximum absolute atomic E-state index is 13.3. The lowest BCUT2D eigenvalue weighted by molar-refractivity contribution is -0.162. The second-order valence-electron chi connectivity index (χ2n) is 12.7. The SMILES string of the molecule is CCCCCCCCCONC(=O)c1ncnc2c1ncn2CCOCP(=O)(OCOC(=O)C(C)(C)C)OCOC(=O)C(C)(C)C. The molecule has 0 radical (unpaired) electrons. The number of nitrogens with zero attached hydrogens (tertiary/aromatic N) is 4. The van der Waals surface area contributed by atoms with Crippen molar-refractivity contribution in [1.82, 2.24) is 25.0 Å². The third kappa shape index (κ3) is 13.8. The molecule has 0 aromatic carbocycles. The Morgan fingerprint density at radius 2 is 1.41 bits per heavy atom. The largest absolute Gasteiger partial charge is 0.438 e. The number of hydrogen-bond donors (Lipinski definition) is 1. The number of fused-ring (bicyclic) bond motifs is 1. The van der Waals surface area contributed by atoms with Crippen molar-refractivity contribution in [2.75, 3.05) is 33.1 Å². The second kappa shape index (κ2) is 19.0. The first-order valence-corrected chi connectivity index (χ1v) is 17.3. The van der Waals surface area contributed by atoms with E-state index < -0.39 is 56.2 Å². The number of nitrogens with one attached hydrogen (secondary N) is 1. The Labute approximate surface area is 270 Å². The van der Waals surface area contributed by atoms with Gasteiger partial charge in [-0.05, 0) is 48.0 Å². The van der Waals surface area contributed by atoms with Crippen molar-refractivity contribution in [3.8, 4) is 0 Å². The summed E-state index contributed by atoms with van der Waals surface area (Å²) < 4.78 is 41.1. The minimum atomic E-state index is -4.03. The number of rotatable bonds is 21. The highest BCUT2D eigenvalue weighted by molar-refractivity contribution is 7.53. The third-order valence-corrected chi connectivity index (χ3v) is 7.96. The molecule has 0 aliphatic rings. The fraction of sp³-hybridized carbons (Fsp3) is 0.733. The molecule has 0 atom stereocenters. The van der Waals surface area contributed by atoms with Gasteiger partial charge in [-0.3, -0.25) is 32.8 Å². The van der Waals surface area contributed by atoms with E-state index in [-0.39, 0.29) is 24.4 Å². The number of hydroxylamine groups is 1. The number of amides is 1. The highest BCUT2D eigenvalue weighted by Crippen LogP contribution is 2.48. The number of ether oxygens (including phenoxy) is 3. The van der Waals surface area contributed by atoms with Gasteiger partial charge in [0.1, 0.15) is 18.2 Å². The number of esters is 2. The van der Waals surface area contributed by atoms with Crippen molar-refractivity contribution in [1.29, 1.82) is 0 Å². The van der Waals surface area contributed by atoms with Crippen LogP contribution in [-0.4, -0.2) is 70.5 Å². The zero-order valence-corrected chi connectivity index (χ0v) is 29.1. The summed E-state index contributed by atoms with van der Waals surface area (Å²) in [5, 5.41) is 0. The molecule has 0 unspecified atom stereocenters. The number of carbonyl (C=O) groups is 3. The summed E-state index contributed by atoms with van der Waals surface area (Å²) in [6, 6.07) is 0. The Kier molecular flexibility index (Phi) is 16.2. The van der Waals surface area contributed by atoms with E-state index in [1.807, 2.05) is 0 Å². The van der Waals surface area contributed by atoms with Crippen LogP contribution in [0.4, 0.5) is 0 Å². The smallest absolute Gasteiger partial charge is 0.361 e. The van der Waals surface area contributed by atoms with Crippen LogP contribution in [0.15, 0.2) is 12.7 Å². The van der Waals surface area contributed by atoms with Gasteiger partial charge in [0.25, 0.3) is 5.91 Å². The molecule has 46 heavy (non-hydrogen) atoms. The van der Waals surface area contributed by atoms with Gasteiger partial charge in [0.2, 0.25) is 13.6 Å². The molecule has 2 aromatic heterocycles. The van der Waals surface area contributed by atoms with Crippen molar-refractivity contribution in [2.24, 2.45) is 10.8 Å². The molecule has 0 aliphatic carbocycles. The summed E-state index contributed by atoms with van der Waals surface area (Å²) in [4.78, 5) is 54.7. The fourth-order valence-corrected chi connectivity index (χ4v) is 4.71. The molecule has 1 amide bonds. The van der Waals surface area contributed by atoms with E-state index in [0.29, 0.717) is 12.3 Å². The van der Waals surface area contributed by atoms with Crippen LogP contribution in [0.1, 0.15) is 104 Å². The Bertz CT molecular complexity index is 1270. The van der Waals surface area contributed by atoms with Crippen molar-refractivity contribution < 1.29 is 47.0 Å². The van der Waals surface area contributed by atoms with Gasteiger partial charge in [0.15, 0.2) is 11.3 Å². The zero-order valence-electron chi connectivity index (χ0n) is 28.2. The first kappa shape index (κ1) is 39.2. The van der Waals surface area contributed by atoms with Crippen LogP contribution in [0, 0.1) is 10.8 Å². The summed E-state index contributed by atoms with van der Waals surface area (Å²) in [5.74, 6) is -1.67. The van der Waals surface area contributed by atoms with Gasteiger partial charge in [-0.15, -0.1) is 0 Å². The standard InChI is InChI=1S/C30H50N5O10P/c1-8-9-10-11-12-13-14-16-43-34-26(36)24-23-25(32-18-31-24)35(19-33-23)15-17-40-22-46(39,44-20-41-27(37)29(2,3)4)45-21-42-28(38)30(5,6)7/h18-19H,8-17,20-22H2,1-7H3,(H,34,36). The summed E-state index contributed by atoms with van der Waals surface area (Å²) in [6.07, 6.45) is 10.1. The lowest BCUT2D eigenvalue weighted by Crippen LogP contribution is -2.25. The Hall–Kier alpha value is -2.97. The van der Waals surface area contributed by atoms with E-state index in [0.717, 1.165) is 19.3 Å². The van der Waals surface area contributed by atoms with Crippen molar-refractivity contribution >= 4 is 36.6 Å². The molecule has 16 heteroatoms. The molecular formula is C30H50N5O10P. The van der Waals surface area contributed by atoms with Crippen molar-refractivity contribution in [3.63, 3.8) is 0 Å². The zero-order chi connectivity index (χ0) is 34.2. The number of carbonyl (C=O) groups excluding carboxylic acids is 3. The second-order valence-corrected chi connectivity index (χ2v) is 14.7. The van der Waals surface area contributed by atoms with Gasteiger partial charge in [0.05, 0.1) is 30.4 Å². The Morgan fingerprint density at radius 3 is 2.00 bits per heavy atom. The van der Waals surface area contributed by atoms with Gasteiger partial charge in [0, 0.05) is 6.54 Å². The van der Waals surface area contributed by atoms with Crippen LogP contribution < -0.4 is 5.48 Å². The Morgan fingerprint density at radius 1 is 0.826 bits per heavy atom. The molecule has 0 spiro atoms. The monoisotopic (exact) mass is 671 g/mol. The highest BCUT2D eigenvalue weighted by atomic mass is 31.2. The van der Waals surface area contributed by atoms with Crippen molar-refractivity contribution in [2.45, 2.75) is 100.0 Å². The number of unbranched alkanes of at least 4 members (excludes halogenated alkanes) is 6. The number of hydrogen-bond acceptors (Lipinski definition) is 13. The van der Waals surface area contributed by atoms with Crippen LogP contribution >= 0.6 is 7.60 Å². The van der Waals surface area contributed by atoms with E-state index in [4.69, 9.17) is 28.1 Å². The minimum absolute atomic E-state index is 0.0127. The maximum Gasteiger partial charge on any atom is 0.361 e. The Balaban J connectivity index is 1.90. The fourth-order valence-electron chi connectivity index (χ4n) is 3.71. The molecule has 15 nitrogen and oxygen atoms in total. The average molecular weight is 672 g/mol. The topological polar surface area (TPSA) is 179 Å². The van der Waals surface area contributed by atoms with E-state index >= 15 is 0 Å². The molecule has 2 rings (SSSR count). The third-order valence-electron chi connectivity index (χ3n) is 6.46. The van der Waals surface area contributed by atoms with Crippen LogP contribution in [-0.2, 0) is 48.8 Å². The predicted molar refractivity (Wildman–Crippen MR) is 168 cm³/mol. The summed E-state index contributed by atoms with van der Waals surface area (Å²) >= 11 is 0. The predicted octanol–water partition coefficient (Wildman–Crippen LogP) is 5.53. The summed E-state index contributed by atoms with van der Waals surface area (Å²) in [6.45, 7) is 11.5. The molecule has 0 fully saturated rings. The molecule has 0 saturated carbocycles. The van der Waals surface area contributed by atoms with Gasteiger partial charge in [-0.1, -0.05) is 45.4 Å². The average Bonchev–Trinajstić information content (AvgIpc) is 3.40. The first-order chi connectivity index (χ1) is 21.7. The van der Waals surface area contributed by atoms with Crippen LogP contribution in [0.2, 0.25) is 0 Å². The molecular weight excluding hydrogens is 621 g/mol. The molecule has 0 bridgehead atoms. The van der Waals surface area contributed by atoms with Crippen molar-refractivity contribution in [3.05, 3.63) is 18.3 Å². The molecule has 2 aromatic rings. The van der Waals surface area contributed by atoms with Crippen LogP contribution in [0.5, 0.6) is 0 Å². The molecule has 1 N–H and O–H groups in total. The van der Waals surface area contributed by atoms with Gasteiger partial charge in [-0.25, -0.2) is 20.4 Å².